The number of hydrogen-bond donors (Lipinski definition) is 2. The number of phenolic OH excluding ortho intramolecular Hbond substituents is 1. The van der Waals surface area contributed by atoms with Gasteiger partial charge >= 0.3 is 0 Å². The third-order valence-electron chi connectivity index (χ3n) is 6.29. The van der Waals surface area contributed by atoms with Crippen LogP contribution in [0.3, 0.4) is 0 Å². The van der Waals surface area contributed by atoms with E-state index in [1.54, 1.807) is 36.4 Å². The Morgan fingerprint density at radius 2 is 1.10 bits per heavy atom. The first-order valence-electron chi connectivity index (χ1n) is 13.5. The quantitative estimate of drug-likeness (QED) is 0.129. The summed E-state index contributed by atoms with van der Waals surface area (Å²) in [6.45, 7) is 0.801. The van der Waals surface area contributed by atoms with E-state index in [-0.39, 0.29) is 31.1 Å². The topological polar surface area (TPSA) is 89.4 Å². The number of rotatable bonds is 12. The molecule has 42 heavy (non-hydrogen) atoms. The van der Waals surface area contributed by atoms with E-state index in [9.17, 15) is 9.90 Å². The molecule has 0 aliphatic heterocycles. The van der Waals surface area contributed by atoms with Gasteiger partial charge in [0, 0.05) is 11.1 Å². The molecule has 1 amide bonds. The highest BCUT2D eigenvalue weighted by Gasteiger charge is 2.20. The molecule has 0 spiro atoms. The first kappa shape index (κ1) is 28.0. The smallest absolute Gasteiger partial charge is 0.271 e. The number of nitrogens with one attached hydrogen (secondary N) is 1. The van der Waals surface area contributed by atoms with Crippen LogP contribution in [-0.4, -0.2) is 17.2 Å². The molecule has 2 N–H and O–H groups in total. The Labute approximate surface area is 244 Å². The van der Waals surface area contributed by atoms with Crippen molar-refractivity contribution in [2.45, 2.75) is 19.8 Å². The van der Waals surface area contributed by atoms with Crippen LogP contribution in [0.4, 0.5) is 0 Å². The minimum absolute atomic E-state index is 0.0589. The molecule has 5 aromatic carbocycles. The number of phenols is 1. The number of carbonyl (C=O) groups excluding carboxylic acids is 1. The minimum Gasteiger partial charge on any atom is -0.507 e. The summed E-state index contributed by atoms with van der Waals surface area (Å²) in [7, 11) is 0. The third-order valence-corrected chi connectivity index (χ3v) is 6.29. The number of ether oxygens (including phenoxy) is 3. The second-order valence-corrected chi connectivity index (χ2v) is 9.38. The maximum atomic E-state index is 13.2. The zero-order valence-corrected chi connectivity index (χ0v) is 22.9. The van der Waals surface area contributed by atoms with Gasteiger partial charge in [-0.25, -0.2) is 5.43 Å². The van der Waals surface area contributed by atoms with Gasteiger partial charge in [0.1, 0.15) is 25.6 Å². The van der Waals surface area contributed by atoms with Gasteiger partial charge in [-0.1, -0.05) is 103 Å². The van der Waals surface area contributed by atoms with Crippen LogP contribution in [-0.2, 0) is 19.8 Å². The highest BCUT2D eigenvalue weighted by molar-refractivity contribution is 5.96. The molecule has 0 fully saturated rings. The molecule has 0 saturated carbocycles. The van der Waals surface area contributed by atoms with Crippen LogP contribution in [0.15, 0.2) is 132 Å². The maximum absolute atomic E-state index is 13.2. The minimum atomic E-state index is -0.481. The van der Waals surface area contributed by atoms with Crippen LogP contribution < -0.4 is 19.6 Å². The number of para-hydroxylation sites is 1. The van der Waals surface area contributed by atoms with Crippen LogP contribution in [0.25, 0.3) is 0 Å². The van der Waals surface area contributed by atoms with Gasteiger partial charge in [0.25, 0.3) is 5.91 Å². The second kappa shape index (κ2) is 14.2. The Hall–Kier alpha value is -5.56. The fourth-order valence-electron chi connectivity index (χ4n) is 4.09. The molecule has 0 radical (unpaired) electrons. The molecule has 0 saturated heterocycles. The predicted molar refractivity (Wildman–Crippen MR) is 162 cm³/mol. The van der Waals surface area contributed by atoms with E-state index < -0.39 is 5.91 Å². The summed E-state index contributed by atoms with van der Waals surface area (Å²) in [5, 5.41) is 14.0. The first-order valence-corrected chi connectivity index (χ1v) is 13.5. The molecule has 0 heterocycles. The number of aromatic hydroxyl groups is 1. The molecular formula is C35H30N2O5. The largest absolute Gasteiger partial charge is 0.507 e. The van der Waals surface area contributed by atoms with Crippen molar-refractivity contribution in [3.05, 3.63) is 155 Å². The molecule has 5 aromatic rings. The molecule has 0 aromatic heterocycles. The van der Waals surface area contributed by atoms with Crippen molar-refractivity contribution in [1.82, 2.24) is 5.43 Å². The van der Waals surface area contributed by atoms with Crippen LogP contribution >= 0.6 is 0 Å². The monoisotopic (exact) mass is 558 g/mol. The molecule has 210 valence electrons. The van der Waals surface area contributed by atoms with Crippen molar-refractivity contribution in [2.24, 2.45) is 5.10 Å². The number of amides is 1. The third kappa shape index (κ3) is 7.76. The Morgan fingerprint density at radius 3 is 1.60 bits per heavy atom. The molecule has 7 nitrogen and oxygen atoms in total. The van der Waals surface area contributed by atoms with Crippen molar-refractivity contribution < 1.29 is 24.1 Å². The second-order valence-electron chi connectivity index (χ2n) is 9.38. The van der Waals surface area contributed by atoms with Gasteiger partial charge in [-0.2, -0.15) is 5.10 Å². The van der Waals surface area contributed by atoms with Gasteiger partial charge in [0.15, 0.2) is 11.5 Å². The van der Waals surface area contributed by atoms with E-state index in [0.29, 0.717) is 22.8 Å². The average Bonchev–Trinajstić information content (AvgIpc) is 3.04. The summed E-state index contributed by atoms with van der Waals surface area (Å²) < 4.78 is 18.7. The van der Waals surface area contributed by atoms with Crippen LogP contribution in [0.5, 0.6) is 23.0 Å². The number of hydrazone groups is 1. The molecule has 0 aliphatic carbocycles. The standard InChI is InChI=1S/C35H30N2O5/c38-31-19-11-10-18-29(31)22-36-37-35(39)30-20-32(40-23-26-12-4-1-5-13-26)34(42-25-28-16-8-3-9-17-28)33(21-30)41-24-27-14-6-2-7-15-27/h1-22,38H,23-25H2,(H,37,39). The lowest BCUT2D eigenvalue weighted by Gasteiger charge is -2.19. The molecule has 0 aliphatic rings. The summed E-state index contributed by atoms with van der Waals surface area (Å²) in [5.41, 5.74) is 6.15. The average molecular weight is 559 g/mol. The van der Waals surface area contributed by atoms with Gasteiger partial charge < -0.3 is 19.3 Å². The highest BCUT2D eigenvalue weighted by atomic mass is 16.5. The highest BCUT2D eigenvalue weighted by Crippen LogP contribution is 2.40. The van der Waals surface area contributed by atoms with Crippen molar-refractivity contribution >= 4 is 12.1 Å². The number of carbonyl (C=O) groups is 1. The van der Waals surface area contributed by atoms with Gasteiger partial charge in [-0.05, 0) is 41.0 Å². The number of hydrogen-bond acceptors (Lipinski definition) is 6. The first-order chi connectivity index (χ1) is 20.7. The van der Waals surface area contributed by atoms with E-state index in [2.05, 4.69) is 10.5 Å². The van der Waals surface area contributed by atoms with E-state index in [1.807, 2.05) is 91.0 Å². The zero-order valence-electron chi connectivity index (χ0n) is 22.9. The van der Waals surface area contributed by atoms with Crippen molar-refractivity contribution in [2.75, 3.05) is 0 Å². The molecular weight excluding hydrogens is 528 g/mol. The van der Waals surface area contributed by atoms with Gasteiger partial charge in [-0.3, -0.25) is 4.79 Å². The van der Waals surface area contributed by atoms with Gasteiger partial charge in [0.05, 0.1) is 6.21 Å². The Morgan fingerprint density at radius 1 is 0.643 bits per heavy atom. The fraction of sp³-hybridized carbons (Fsp3) is 0.0857. The lowest BCUT2D eigenvalue weighted by atomic mass is 10.1. The van der Waals surface area contributed by atoms with Crippen LogP contribution in [0.1, 0.15) is 32.6 Å². The number of nitrogens with zero attached hydrogens (tertiary/aromatic N) is 1. The fourth-order valence-corrected chi connectivity index (χ4v) is 4.09. The Balaban J connectivity index is 1.46. The van der Waals surface area contributed by atoms with Gasteiger partial charge in [-0.15, -0.1) is 0 Å². The summed E-state index contributed by atoms with van der Waals surface area (Å²) >= 11 is 0. The summed E-state index contributed by atoms with van der Waals surface area (Å²) in [6, 6.07) is 39.2. The SMILES string of the molecule is O=C(NN=Cc1ccccc1O)c1cc(OCc2ccccc2)c(OCc2ccccc2)c(OCc2ccccc2)c1. The number of benzene rings is 5. The molecule has 7 heteroatoms. The van der Waals surface area contributed by atoms with E-state index in [4.69, 9.17) is 14.2 Å². The summed E-state index contributed by atoms with van der Waals surface area (Å²) in [5.74, 6) is 0.680. The lowest BCUT2D eigenvalue weighted by Crippen LogP contribution is -2.18. The van der Waals surface area contributed by atoms with E-state index >= 15 is 0 Å². The lowest BCUT2D eigenvalue weighted by molar-refractivity contribution is 0.0953. The van der Waals surface area contributed by atoms with E-state index in [1.165, 1.54) is 6.21 Å². The molecule has 0 bridgehead atoms. The summed E-state index contributed by atoms with van der Waals surface area (Å²) in [6.07, 6.45) is 1.38. The molecule has 0 atom stereocenters. The zero-order chi connectivity index (χ0) is 29.0. The van der Waals surface area contributed by atoms with Gasteiger partial charge in [0.2, 0.25) is 5.75 Å². The van der Waals surface area contributed by atoms with Crippen molar-refractivity contribution in [3.8, 4) is 23.0 Å². The Kier molecular flexibility index (Phi) is 9.45. The predicted octanol–water partition coefficient (Wildman–Crippen LogP) is 6.89. The van der Waals surface area contributed by atoms with Crippen molar-refractivity contribution in [3.63, 3.8) is 0 Å². The Bertz CT molecular complexity index is 1560. The van der Waals surface area contributed by atoms with Crippen molar-refractivity contribution in [1.29, 1.82) is 0 Å². The summed E-state index contributed by atoms with van der Waals surface area (Å²) in [4.78, 5) is 13.2. The van der Waals surface area contributed by atoms with E-state index in [0.717, 1.165) is 16.7 Å². The molecule has 0 unspecified atom stereocenters. The van der Waals surface area contributed by atoms with Crippen LogP contribution in [0, 0.1) is 0 Å². The van der Waals surface area contributed by atoms with Crippen LogP contribution in [0.2, 0.25) is 0 Å². The maximum Gasteiger partial charge on any atom is 0.271 e. The normalized spacial score (nSPS) is 10.8. The molecule has 5 rings (SSSR count).